The number of benzene rings is 1. The Hall–Kier alpha value is -1.56. The van der Waals surface area contributed by atoms with Gasteiger partial charge in [-0.2, -0.15) is 0 Å². The van der Waals surface area contributed by atoms with E-state index in [2.05, 4.69) is 27.7 Å². The minimum atomic E-state index is -0.219. The van der Waals surface area contributed by atoms with E-state index in [1.807, 2.05) is 6.92 Å². The van der Waals surface area contributed by atoms with E-state index in [-0.39, 0.29) is 11.9 Å². The zero-order chi connectivity index (χ0) is 17.1. The summed E-state index contributed by atoms with van der Waals surface area (Å²) in [6, 6.07) is 9.54. The quantitative estimate of drug-likeness (QED) is 0.844. The second-order valence-electron chi connectivity index (χ2n) is 5.92. The lowest BCUT2D eigenvalue weighted by Gasteiger charge is -2.29. The summed E-state index contributed by atoms with van der Waals surface area (Å²) < 4.78 is 5.30. The van der Waals surface area contributed by atoms with Gasteiger partial charge in [0.1, 0.15) is 5.75 Å². The van der Waals surface area contributed by atoms with E-state index in [1.165, 1.54) is 4.88 Å². The molecule has 2 aromatic rings. The van der Waals surface area contributed by atoms with E-state index in [0.717, 1.165) is 19.4 Å². The van der Waals surface area contributed by atoms with Crippen molar-refractivity contribution in [3.8, 4) is 5.75 Å². The number of rotatable bonds is 5. The number of anilines is 1. The predicted molar refractivity (Wildman–Crippen MR) is 99.1 cm³/mol. The number of likely N-dealkylation sites (tertiary alicyclic amines) is 1. The lowest BCUT2D eigenvalue weighted by molar-refractivity contribution is -0.121. The molecule has 1 aromatic carbocycles. The molecule has 1 aliphatic rings. The van der Waals surface area contributed by atoms with E-state index in [9.17, 15) is 4.79 Å². The summed E-state index contributed by atoms with van der Waals surface area (Å²) in [5, 5.41) is 5.61. The first kappa shape index (κ1) is 17.3. The Morgan fingerprint density at radius 1 is 1.46 bits per heavy atom. The van der Waals surface area contributed by atoms with Crippen LogP contribution in [0, 0.1) is 0 Å². The number of carbonyl (C=O) groups excluding carboxylic acids is 1. The highest BCUT2D eigenvalue weighted by Gasteiger charge is 2.33. The van der Waals surface area contributed by atoms with E-state index < -0.39 is 0 Å². The Morgan fingerprint density at radius 2 is 2.29 bits per heavy atom. The molecule has 0 aliphatic carbocycles. The molecule has 128 valence electrons. The molecule has 1 saturated heterocycles. The van der Waals surface area contributed by atoms with Crippen molar-refractivity contribution in [1.29, 1.82) is 0 Å². The highest BCUT2D eigenvalue weighted by atomic mass is 35.5. The highest BCUT2D eigenvalue weighted by molar-refractivity contribution is 7.10. The zero-order valence-corrected chi connectivity index (χ0v) is 15.4. The van der Waals surface area contributed by atoms with Gasteiger partial charge in [0.15, 0.2) is 0 Å². The SMILES string of the molecule is COc1ccc(Cl)cc1NC(=O)[C@@H](C)N1CCC[C@@H]1c1cccs1. The Bertz CT molecular complexity index is 705. The van der Waals surface area contributed by atoms with E-state index in [4.69, 9.17) is 16.3 Å². The summed E-state index contributed by atoms with van der Waals surface area (Å²) >= 11 is 7.79. The number of hydrogen-bond donors (Lipinski definition) is 1. The standard InChI is InChI=1S/C18H21ClN2O2S/c1-12(21-9-3-5-15(21)17-6-4-10-24-17)18(22)20-14-11-13(19)7-8-16(14)23-2/h4,6-8,10-12,15H,3,5,9H2,1-2H3,(H,20,22)/t12-,15-/m1/s1. The van der Waals surface area contributed by atoms with Gasteiger partial charge < -0.3 is 10.1 Å². The van der Waals surface area contributed by atoms with Crippen LogP contribution < -0.4 is 10.1 Å². The van der Waals surface area contributed by atoms with Crippen LogP contribution in [0.15, 0.2) is 35.7 Å². The first-order valence-corrected chi connectivity index (χ1v) is 9.29. The largest absolute Gasteiger partial charge is 0.495 e. The number of hydrogen-bond acceptors (Lipinski definition) is 4. The summed E-state index contributed by atoms with van der Waals surface area (Å²) in [5.74, 6) is 0.565. The topological polar surface area (TPSA) is 41.6 Å². The van der Waals surface area contributed by atoms with Gasteiger partial charge in [-0.25, -0.2) is 0 Å². The molecule has 0 radical (unpaired) electrons. The molecule has 2 atom stereocenters. The van der Waals surface area contributed by atoms with Crippen molar-refractivity contribution < 1.29 is 9.53 Å². The van der Waals surface area contributed by atoms with Gasteiger partial charge in [-0.1, -0.05) is 17.7 Å². The molecule has 0 bridgehead atoms. The van der Waals surface area contributed by atoms with Crippen molar-refractivity contribution in [2.75, 3.05) is 19.0 Å². The van der Waals surface area contributed by atoms with Crippen LogP contribution in [0.4, 0.5) is 5.69 Å². The minimum Gasteiger partial charge on any atom is -0.495 e. The molecular weight excluding hydrogens is 344 g/mol. The molecule has 0 spiro atoms. The number of nitrogens with zero attached hydrogens (tertiary/aromatic N) is 1. The van der Waals surface area contributed by atoms with Crippen molar-refractivity contribution in [2.45, 2.75) is 31.8 Å². The van der Waals surface area contributed by atoms with Crippen molar-refractivity contribution in [2.24, 2.45) is 0 Å². The summed E-state index contributed by atoms with van der Waals surface area (Å²) in [7, 11) is 1.58. The molecule has 1 amide bonds. The lowest BCUT2D eigenvalue weighted by Crippen LogP contribution is -2.41. The Balaban J connectivity index is 1.74. The number of thiophene rings is 1. The van der Waals surface area contributed by atoms with Gasteiger partial charge in [0.25, 0.3) is 0 Å². The maximum absolute atomic E-state index is 12.7. The smallest absolute Gasteiger partial charge is 0.241 e. The van der Waals surface area contributed by atoms with Crippen LogP contribution in [-0.2, 0) is 4.79 Å². The van der Waals surface area contributed by atoms with Crippen LogP contribution in [0.1, 0.15) is 30.7 Å². The molecule has 0 unspecified atom stereocenters. The molecule has 1 aromatic heterocycles. The summed E-state index contributed by atoms with van der Waals surface area (Å²) in [5.41, 5.74) is 0.605. The molecule has 2 heterocycles. The number of carbonyl (C=O) groups is 1. The van der Waals surface area contributed by atoms with E-state index in [1.54, 1.807) is 36.6 Å². The Labute approximate surface area is 151 Å². The van der Waals surface area contributed by atoms with Crippen molar-refractivity contribution in [3.05, 3.63) is 45.6 Å². The fourth-order valence-corrected chi connectivity index (χ4v) is 4.26. The zero-order valence-electron chi connectivity index (χ0n) is 13.8. The normalized spacial score (nSPS) is 19.2. The number of ether oxygens (including phenoxy) is 1. The fourth-order valence-electron chi connectivity index (χ4n) is 3.20. The molecule has 0 saturated carbocycles. The molecule has 1 aliphatic heterocycles. The second-order valence-corrected chi connectivity index (χ2v) is 7.34. The molecule has 3 rings (SSSR count). The lowest BCUT2D eigenvalue weighted by atomic mass is 10.1. The molecule has 24 heavy (non-hydrogen) atoms. The third kappa shape index (κ3) is 3.58. The van der Waals surface area contributed by atoms with Crippen LogP contribution >= 0.6 is 22.9 Å². The van der Waals surface area contributed by atoms with Crippen LogP contribution in [0.2, 0.25) is 5.02 Å². The average Bonchev–Trinajstić information content (AvgIpc) is 3.25. The van der Waals surface area contributed by atoms with E-state index >= 15 is 0 Å². The van der Waals surface area contributed by atoms with Gasteiger partial charge in [-0.15, -0.1) is 11.3 Å². The predicted octanol–water partition coefficient (Wildman–Crippen LogP) is 4.57. The summed E-state index contributed by atoms with van der Waals surface area (Å²) in [6.45, 7) is 2.89. The van der Waals surface area contributed by atoms with Gasteiger partial charge in [-0.3, -0.25) is 9.69 Å². The number of methoxy groups -OCH3 is 1. The van der Waals surface area contributed by atoms with Gasteiger partial charge in [-0.05, 0) is 56.0 Å². The maximum atomic E-state index is 12.7. The maximum Gasteiger partial charge on any atom is 0.241 e. The minimum absolute atomic E-state index is 0.0426. The monoisotopic (exact) mass is 364 g/mol. The second kappa shape index (κ2) is 7.55. The van der Waals surface area contributed by atoms with Crippen molar-refractivity contribution in [3.63, 3.8) is 0 Å². The number of nitrogens with one attached hydrogen (secondary N) is 1. The summed E-state index contributed by atoms with van der Waals surface area (Å²) in [4.78, 5) is 16.3. The molecule has 1 fully saturated rings. The van der Waals surface area contributed by atoms with Gasteiger partial charge >= 0.3 is 0 Å². The van der Waals surface area contributed by atoms with Crippen LogP contribution in [-0.4, -0.2) is 30.5 Å². The fraction of sp³-hybridized carbons (Fsp3) is 0.389. The third-order valence-electron chi connectivity index (χ3n) is 4.46. The molecule has 4 nitrogen and oxygen atoms in total. The number of amides is 1. The van der Waals surface area contributed by atoms with Crippen LogP contribution in [0.5, 0.6) is 5.75 Å². The number of halogens is 1. The Morgan fingerprint density at radius 3 is 3.00 bits per heavy atom. The van der Waals surface area contributed by atoms with Crippen molar-refractivity contribution >= 4 is 34.5 Å². The van der Waals surface area contributed by atoms with Gasteiger partial charge in [0.05, 0.1) is 18.8 Å². The van der Waals surface area contributed by atoms with E-state index in [0.29, 0.717) is 22.5 Å². The first-order chi connectivity index (χ1) is 11.6. The molecule has 1 N–H and O–H groups in total. The average molecular weight is 365 g/mol. The van der Waals surface area contributed by atoms with Crippen molar-refractivity contribution in [1.82, 2.24) is 4.90 Å². The van der Waals surface area contributed by atoms with Crippen LogP contribution in [0.3, 0.4) is 0 Å². The first-order valence-electron chi connectivity index (χ1n) is 8.03. The highest BCUT2D eigenvalue weighted by Crippen LogP contribution is 2.36. The molecular formula is C18H21ClN2O2S. The van der Waals surface area contributed by atoms with Crippen LogP contribution in [0.25, 0.3) is 0 Å². The van der Waals surface area contributed by atoms with Gasteiger partial charge in [0, 0.05) is 15.9 Å². The van der Waals surface area contributed by atoms with Gasteiger partial charge in [0.2, 0.25) is 5.91 Å². The Kier molecular flexibility index (Phi) is 5.43. The third-order valence-corrected chi connectivity index (χ3v) is 5.67. The summed E-state index contributed by atoms with van der Waals surface area (Å²) in [6.07, 6.45) is 2.21. The molecule has 6 heteroatoms.